The third kappa shape index (κ3) is 2.51. The molecule has 110 valence electrons. The monoisotopic (exact) mass is 296 g/mol. The van der Waals surface area contributed by atoms with Crippen LogP contribution in [0.4, 0.5) is 11.4 Å². The summed E-state index contributed by atoms with van der Waals surface area (Å²) in [5.74, 6) is -0.338. The number of carbonyl (C=O) groups is 1. The molecule has 7 nitrogen and oxygen atoms in total. The molecule has 7 heteroatoms. The van der Waals surface area contributed by atoms with Crippen LogP contribution in [0, 0.1) is 17.0 Å². The summed E-state index contributed by atoms with van der Waals surface area (Å²) in [6.07, 6.45) is 1.55. The molecule has 3 rings (SSSR count). The number of carbonyl (C=O) groups excluding carboxylic acids is 1. The maximum absolute atomic E-state index is 12.2. The minimum Gasteiger partial charge on any atom is -0.345 e. The standard InChI is InChI=1S/C15H12N4O3/c1-9-2-4-11(7-14(9)19(21)22)18-15(20)10-3-5-12-13(6-10)17-8-16-12/h2-8H,1H3,(H,16,17)(H,18,20). The van der Waals surface area contributed by atoms with E-state index in [-0.39, 0.29) is 11.6 Å². The fraction of sp³-hybridized carbons (Fsp3) is 0.0667. The minimum absolute atomic E-state index is 0.0261. The molecule has 3 aromatic rings. The van der Waals surface area contributed by atoms with Gasteiger partial charge in [-0.25, -0.2) is 4.98 Å². The largest absolute Gasteiger partial charge is 0.345 e. The van der Waals surface area contributed by atoms with Gasteiger partial charge in [-0.15, -0.1) is 0 Å². The molecular formula is C15H12N4O3. The van der Waals surface area contributed by atoms with Gasteiger partial charge in [0.15, 0.2) is 0 Å². The van der Waals surface area contributed by atoms with Crippen LogP contribution in [0.15, 0.2) is 42.7 Å². The van der Waals surface area contributed by atoms with E-state index in [0.29, 0.717) is 16.8 Å². The summed E-state index contributed by atoms with van der Waals surface area (Å²) in [6, 6.07) is 9.66. The summed E-state index contributed by atoms with van der Waals surface area (Å²) < 4.78 is 0. The Kier molecular flexibility index (Phi) is 3.30. The average molecular weight is 296 g/mol. The quantitative estimate of drug-likeness (QED) is 0.573. The van der Waals surface area contributed by atoms with Gasteiger partial charge in [-0.2, -0.15) is 0 Å². The van der Waals surface area contributed by atoms with Gasteiger partial charge in [0.1, 0.15) is 0 Å². The van der Waals surface area contributed by atoms with E-state index in [1.807, 2.05) is 0 Å². The van der Waals surface area contributed by atoms with Gasteiger partial charge >= 0.3 is 0 Å². The topological polar surface area (TPSA) is 101 Å². The number of hydrogen-bond acceptors (Lipinski definition) is 4. The van der Waals surface area contributed by atoms with Crippen LogP contribution in [0.3, 0.4) is 0 Å². The molecule has 22 heavy (non-hydrogen) atoms. The van der Waals surface area contributed by atoms with Crippen LogP contribution < -0.4 is 5.32 Å². The first kappa shape index (κ1) is 13.7. The Labute approximate surface area is 125 Å². The molecule has 0 aliphatic heterocycles. The Hall–Kier alpha value is -3.22. The van der Waals surface area contributed by atoms with E-state index >= 15 is 0 Å². The summed E-state index contributed by atoms with van der Waals surface area (Å²) in [4.78, 5) is 29.7. The number of aromatic nitrogens is 2. The van der Waals surface area contributed by atoms with Crippen molar-refractivity contribution in [3.05, 3.63) is 64.0 Å². The van der Waals surface area contributed by atoms with E-state index in [1.54, 1.807) is 43.6 Å². The zero-order valence-corrected chi connectivity index (χ0v) is 11.7. The number of amides is 1. The molecule has 2 aromatic carbocycles. The van der Waals surface area contributed by atoms with Crippen LogP contribution in [0.25, 0.3) is 11.0 Å². The molecule has 0 saturated carbocycles. The highest BCUT2D eigenvalue weighted by molar-refractivity contribution is 6.06. The number of benzene rings is 2. The predicted octanol–water partition coefficient (Wildman–Crippen LogP) is 3.03. The van der Waals surface area contributed by atoms with Gasteiger partial charge in [-0.05, 0) is 31.2 Å². The number of H-pyrrole nitrogens is 1. The van der Waals surface area contributed by atoms with E-state index in [9.17, 15) is 14.9 Å². The third-order valence-electron chi connectivity index (χ3n) is 3.35. The lowest BCUT2D eigenvalue weighted by Gasteiger charge is -2.06. The van der Waals surface area contributed by atoms with Crippen molar-refractivity contribution in [2.75, 3.05) is 5.32 Å². The van der Waals surface area contributed by atoms with Crippen LogP contribution in [0.2, 0.25) is 0 Å². The molecule has 0 fully saturated rings. The Bertz CT molecular complexity index is 885. The number of fused-ring (bicyclic) bond motifs is 1. The zero-order valence-electron chi connectivity index (χ0n) is 11.7. The van der Waals surface area contributed by atoms with Gasteiger partial charge in [0.2, 0.25) is 0 Å². The molecular weight excluding hydrogens is 284 g/mol. The Balaban J connectivity index is 1.87. The fourth-order valence-electron chi connectivity index (χ4n) is 2.16. The number of nitrogens with zero attached hydrogens (tertiary/aromatic N) is 2. The molecule has 1 amide bonds. The van der Waals surface area contributed by atoms with Gasteiger partial charge in [0.25, 0.3) is 11.6 Å². The molecule has 0 unspecified atom stereocenters. The van der Waals surface area contributed by atoms with E-state index in [0.717, 1.165) is 11.0 Å². The normalized spacial score (nSPS) is 10.6. The molecule has 0 bridgehead atoms. The lowest BCUT2D eigenvalue weighted by atomic mass is 10.1. The third-order valence-corrected chi connectivity index (χ3v) is 3.35. The number of aryl methyl sites for hydroxylation is 1. The summed E-state index contributed by atoms with van der Waals surface area (Å²) in [5, 5.41) is 13.6. The number of aromatic amines is 1. The van der Waals surface area contributed by atoms with Crippen LogP contribution >= 0.6 is 0 Å². The van der Waals surface area contributed by atoms with Crippen molar-refractivity contribution in [3.63, 3.8) is 0 Å². The molecule has 1 aromatic heterocycles. The van der Waals surface area contributed by atoms with E-state index in [2.05, 4.69) is 15.3 Å². The molecule has 0 spiro atoms. The first-order valence-electron chi connectivity index (χ1n) is 6.54. The second kappa shape index (κ2) is 5.28. The Morgan fingerprint density at radius 2 is 2.09 bits per heavy atom. The average Bonchev–Trinajstić information content (AvgIpc) is 2.96. The highest BCUT2D eigenvalue weighted by Gasteiger charge is 2.13. The van der Waals surface area contributed by atoms with Gasteiger partial charge in [0.05, 0.1) is 22.3 Å². The van der Waals surface area contributed by atoms with Gasteiger partial charge in [0, 0.05) is 22.9 Å². The SMILES string of the molecule is Cc1ccc(NC(=O)c2ccc3nc[nH]c3c2)cc1[N+](=O)[O-]. The summed E-state index contributed by atoms with van der Waals surface area (Å²) in [6.45, 7) is 1.65. The van der Waals surface area contributed by atoms with Crippen LogP contribution in [-0.2, 0) is 0 Å². The number of hydrogen-bond donors (Lipinski definition) is 2. The fourth-order valence-corrected chi connectivity index (χ4v) is 2.16. The van der Waals surface area contributed by atoms with Crippen molar-refractivity contribution in [1.29, 1.82) is 0 Å². The maximum atomic E-state index is 12.2. The number of anilines is 1. The molecule has 0 aliphatic carbocycles. The molecule has 2 N–H and O–H groups in total. The van der Waals surface area contributed by atoms with Gasteiger partial charge < -0.3 is 10.3 Å². The van der Waals surface area contributed by atoms with Gasteiger partial charge in [-0.3, -0.25) is 14.9 Å². The number of nitrogens with one attached hydrogen (secondary N) is 2. The first-order valence-corrected chi connectivity index (χ1v) is 6.54. The highest BCUT2D eigenvalue weighted by atomic mass is 16.6. The summed E-state index contributed by atoms with van der Waals surface area (Å²) in [5.41, 5.74) is 2.86. The van der Waals surface area contributed by atoms with E-state index in [1.165, 1.54) is 6.07 Å². The van der Waals surface area contributed by atoms with Crippen molar-refractivity contribution >= 4 is 28.3 Å². The van der Waals surface area contributed by atoms with Crippen LogP contribution in [0.1, 0.15) is 15.9 Å². The van der Waals surface area contributed by atoms with Crippen molar-refractivity contribution in [2.45, 2.75) is 6.92 Å². The van der Waals surface area contributed by atoms with E-state index < -0.39 is 4.92 Å². The minimum atomic E-state index is -0.471. The van der Waals surface area contributed by atoms with E-state index in [4.69, 9.17) is 0 Å². The number of nitro groups is 1. The molecule has 0 radical (unpaired) electrons. The molecule has 0 saturated heterocycles. The molecule has 1 heterocycles. The second-order valence-electron chi connectivity index (χ2n) is 4.85. The maximum Gasteiger partial charge on any atom is 0.274 e. The molecule has 0 aliphatic rings. The van der Waals surface area contributed by atoms with Crippen molar-refractivity contribution in [2.24, 2.45) is 0 Å². The summed E-state index contributed by atoms with van der Waals surface area (Å²) in [7, 11) is 0. The number of rotatable bonds is 3. The zero-order chi connectivity index (χ0) is 15.7. The number of nitro benzene ring substituents is 1. The Morgan fingerprint density at radius 1 is 1.27 bits per heavy atom. The second-order valence-corrected chi connectivity index (χ2v) is 4.85. The van der Waals surface area contributed by atoms with Crippen LogP contribution in [0.5, 0.6) is 0 Å². The lowest BCUT2D eigenvalue weighted by Crippen LogP contribution is -2.12. The predicted molar refractivity (Wildman–Crippen MR) is 81.9 cm³/mol. The van der Waals surface area contributed by atoms with Crippen molar-refractivity contribution in [3.8, 4) is 0 Å². The lowest BCUT2D eigenvalue weighted by molar-refractivity contribution is -0.385. The first-order chi connectivity index (χ1) is 10.5. The highest BCUT2D eigenvalue weighted by Crippen LogP contribution is 2.23. The smallest absolute Gasteiger partial charge is 0.274 e. The summed E-state index contributed by atoms with van der Waals surface area (Å²) >= 11 is 0. The van der Waals surface area contributed by atoms with Gasteiger partial charge in [-0.1, -0.05) is 6.07 Å². The van der Waals surface area contributed by atoms with Crippen molar-refractivity contribution in [1.82, 2.24) is 9.97 Å². The molecule has 0 atom stereocenters. The van der Waals surface area contributed by atoms with Crippen molar-refractivity contribution < 1.29 is 9.72 Å². The number of imidazole rings is 1. The Morgan fingerprint density at radius 3 is 2.86 bits per heavy atom. The van der Waals surface area contributed by atoms with Crippen LogP contribution in [-0.4, -0.2) is 20.8 Å².